The van der Waals surface area contributed by atoms with Gasteiger partial charge in [-0.3, -0.25) is 0 Å². The number of nitrogens with zero attached hydrogens (tertiary/aromatic N) is 4. The lowest BCUT2D eigenvalue weighted by Gasteiger charge is -2.28. The van der Waals surface area contributed by atoms with Crippen LogP contribution in [0.5, 0.6) is 11.5 Å². The van der Waals surface area contributed by atoms with E-state index in [2.05, 4.69) is 46.1 Å². The molecule has 1 aliphatic heterocycles. The van der Waals surface area contributed by atoms with Gasteiger partial charge in [0.1, 0.15) is 21.9 Å². The fourth-order valence-corrected chi connectivity index (χ4v) is 7.70. The van der Waals surface area contributed by atoms with Crippen LogP contribution in [0.1, 0.15) is 74.8 Å². The molecule has 50 heavy (non-hydrogen) atoms. The number of rotatable bonds is 14. The Morgan fingerprint density at radius 1 is 0.760 bits per heavy atom. The van der Waals surface area contributed by atoms with Crippen LogP contribution in [0.2, 0.25) is 0 Å². The molecule has 0 bridgehead atoms. The van der Waals surface area contributed by atoms with Gasteiger partial charge in [0.05, 0.1) is 10.4 Å². The van der Waals surface area contributed by atoms with E-state index in [0.29, 0.717) is 21.5 Å². The summed E-state index contributed by atoms with van der Waals surface area (Å²) in [6.07, 6.45) is 11.6. The van der Waals surface area contributed by atoms with Crippen LogP contribution in [-0.2, 0) is 22.4 Å². The molecule has 0 aliphatic carbocycles. The predicted molar refractivity (Wildman–Crippen MR) is 204 cm³/mol. The van der Waals surface area contributed by atoms with Gasteiger partial charge >= 0.3 is 11.9 Å². The topological polar surface area (TPSA) is 93.5 Å². The Hall–Kier alpha value is -4.67. The Morgan fingerprint density at radius 2 is 1.34 bits per heavy atom. The van der Waals surface area contributed by atoms with Gasteiger partial charge in [-0.1, -0.05) is 62.3 Å². The molecule has 2 aromatic heterocycles. The van der Waals surface area contributed by atoms with Crippen molar-refractivity contribution < 1.29 is 19.1 Å². The Labute approximate surface area is 301 Å². The maximum atomic E-state index is 13.5. The lowest BCUT2D eigenvalue weighted by atomic mass is 10.1. The molecule has 6 rings (SSSR count). The summed E-state index contributed by atoms with van der Waals surface area (Å²) in [6.45, 7) is 6.49. The number of aryl methyl sites for hydroxylation is 2. The van der Waals surface area contributed by atoms with Gasteiger partial charge in [-0.05, 0) is 117 Å². The van der Waals surface area contributed by atoms with Gasteiger partial charge in [0.2, 0.25) is 5.13 Å². The van der Waals surface area contributed by atoms with Crippen LogP contribution < -0.4 is 14.4 Å². The number of fused-ring (bicyclic) bond motifs is 1. The molecule has 3 heterocycles. The van der Waals surface area contributed by atoms with E-state index in [0.717, 1.165) is 66.8 Å². The largest absolute Gasteiger partial charge is 0.423 e. The van der Waals surface area contributed by atoms with Gasteiger partial charge in [0.15, 0.2) is 0 Å². The quantitative estimate of drug-likeness (QED) is 0.0285. The second-order valence-electron chi connectivity index (χ2n) is 12.4. The van der Waals surface area contributed by atoms with E-state index in [9.17, 15) is 9.59 Å². The number of thiophene rings is 1. The van der Waals surface area contributed by atoms with Crippen molar-refractivity contribution >= 4 is 66.7 Å². The van der Waals surface area contributed by atoms with E-state index >= 15 is 0 Å². The Morgan fingerprint density at radius 3 is 1.88 bits per heavy atom. The van der Waals surface area contributed by atoms with Gasteiger partial charge in [-0.2, -0.15) is 0 Å². The average Bonchev–Trinajstić information content (AvgIpc) is 3.71. The number of unbranched alkanes of at least 4 members (excludes halogenated alkanes) is 2. The molecule has 8 nitrogen and oxygen atoms in total. The Balaban J connectivity index is 1.18. The van der Waals surface area contributed by atoms with Gasteiger partial charge in [-0.25, -0.2) is 14.6 Å². The smallest absolute Gasteiger partial charge is 0.351 e. The molecule has 1 aliphatic rings. The number of hydrogen-bond donors (Lipinski definition) is 0. The van der Waals surface area contributed by atoms with Crippen LogP contribution in [0.4, 0.5) is 16.5 Å². The lowest BCUT2D eigenvalue weighted by molar-refractivity contribution is -0.137. The first-order valence-corrected chi connectivity index (χ1v) is 19.1. The molecule has 0 saturated carbocycles. The molecule has 1 saturated heterocycles. The Kier molecular flexibility index (Phi) is 12.2. The second kappa shape index (κ2) is 17.3. The summed E-state index contributed by atoms with van der Waals surface area (Å²) in [6, 6.07) is 24.8. The summed E-state index contributed by atoms with van der Waals surface area (Å²) in [5.41, 5.74) is 4.10. The maximum absolute atomic E-state index is 13.5. The number of benzene rings is 3. The van der Waals surface area contributed by atoms with E-state index in [1.165, 1.54) is 64.8 Å². The first-order valence-electron chi connectivity index (χ1n) is 17.5. The van der Waals surface area contributed by atoms with E-state index < -0.39 is 11.9 Å². The molecule has 0 atom stereocenters. The van der Waals surface area contributed by atoms with Crippen molar-refractivity contribution in [3.8, 4) is 11.5 Å². The summed E-state index contributed by atoms with van der Waals surface area (Å²) in [7, 11) is 0. The van der Waals surface area contributed by atoms with E-state index in [4.69, 9.17) is 9.47 Å². The number of piperidine rings is 1. The zero-order valence-corrected chi connectivity index (χ0v) is 30.2. The summed E-state index contributed by atoms with van der Waals surface area (Å²) < 4.78 is 12.2. The van der Waals surface area contributed by atoms with Gasteiger partial charge in [0.25, 0.3) is 0 Å². The van der Waals surface area contributed by atoms with Crippen molar-refractivity contribution in [1.29, 1.82) is 0 Å². The molecule has 10 heteroatoms. The molecule has 258 valence electrons. The summed E-state index contributed by atoms with van der Waals surface area (Å²) in [5, 5.41) is 9.31. The number of anilines is 1. The fourth-order valence-electron chi connectivity index (χ4n) is 5.72. The first-order chi connectivity index (χ1) is 24.5. The number of ether oxygens (including phenoxy) is 2. The molecule has 3 aromatic carbocycles. The fraction of sp³-hybridized carbons (Fsp3) is 0.325. The van der Waals surface area contributed by atoms with Crippen molar-refractivity contribution in [3.05, 3.63) is 100 Å². The third kappa shape index (κ3) is 9.52. The molecular formula is C40H42N4O4S2. The number of carbonyl (C=O) groups is 2. The highest BCUT2D eigenvalue weighted by Gasteiger charge is 2.24. The van der Waals surface area contributed by atoms with Crippen LogP contribution in [-0.4, -0.2) is 30.0 Å². The molecule has 1 fully saturated rings. The number of esters is 2. The van der Waals surface area contributed by atoms with E-state index in [-0.39, 0.29) is 5.57 Å². The minimum Gasteiger partial charge on any atom is -0.423 e. The van der Waals surface area contributed by atoms with Crippen molar-refractivity contribution in [2.45, 2.75) is 71.6 Å². The number of carbonyl (C=O) groups excluding carboxylic acids is 2. The average molecular weight is 707 g/mol. The van der Waals surface area contributed by atoms with Gasteiger partial charge in [-0.15, -0.1) is 21.6 Å². The minimum absolute atomic E-state index is 0.211. The molecule has 5 aromatic rings. The third-order valence-corrected chi connectivity index (χ3v) is 10.5. The Bertz CT molecular complexity index is 1840. The minimum atomic E-state index is -0.790. The highest BCUT2D eigenvalue weighted by Crippen LogP contribution is 2.36. The van der Waals surface area contributed by atoms with Crippen LogP contribution in [0.3, 0.4) is 0 Å². The summed E-state index contributed by atoms with van der Waals surface area (Å²) in [4.78, 5) is 35.4. The van der Waals surface area contributed by atoms with Crippen molar-refractivity contribution in [2.24, 2.45) is 10.2 Å². The highest BCUT2D eigenvalue weighted by atomic mass is 32.1. The summed E-state index contributed by atoms with van der Waals surface area (Å²) >= 11 is 2.75. The SMILES string of the molecule is CCCCc1ccc(OC(=O)C(=Cc2cc3sc(N=Nc4ccc(N5CCCCC5)cc4)nc3s2)C(=O)Oc2ccc(CCCC)cc2)cc1. The number of aromatic nitrogens is 1. The summed E-state index contributed by atoms with van der Waals surface area (Å²) in [5.74, 6) is -0.860. The van der Waals surface area contributed by atoms with Crippen LogP contribution in [0.15, 0.2) is 94.7 Å². The van der Waals surface area contributed by atoms with Gasteiger partial charge < -0.3 is 14.4 Å². The van der Waals surface area contributed by atoms with E-state index in [1.54, 1.807) is 24.3 Å². The van der Waals surface area contributed by atoms with E-state index in [1.807, 2.05) is 42.5 Å². The predicted octanol–water partition coefficient (Wildman–Crippen LogP) is 11.0. The zero-order chi connectivity index (χ0) is 34.7. The molecule has 0 unspecified atom stereocenters. The van der Waals surface area contributed by atoms with Crippen molar-refractivity contribution in [1.82, 2.24) is 4.98 Å². The first kappa shape index (κ1) is 35.2. The van der Waals surface area contributed by atoms with Crippen LogP contribution >= 0.6 is 22.7 Å². The second-order valence-corrected chi connectivity index (χ2v) is 14.5. The number of azo groups is 1. The number of hydrogen-bond acceptors (Lipinski definition) is 10. The molecule has 0 spiro atoms. The molecule has 0 N–H and O–H groups in total. The van der Waals surface area contributed by atoms with Crippen molar-refractivity contribution in [2.75, 3.05) is 18.0 Å². The standard InChI is InChI=1S/C40H42N4O4S2/c1-3-5-10-28-12-20-32(21-13-28)47-38(45)35(39(46)48-33-22-14-29(15-23-33)11-6-4-2)26-34-27-36-37(49-34)41-40(50-36)43-42-30-16-18-31(19-17-30)44-24-8-7-9-25-44/h12-23,26-27H,3-11,24-25H2,1-2H3. The molecular weight excluding hydrogens is 665 g/mol. The maximum Gasteiger partial charge on any atom is 0.351 e. The number of thiazole rings is 1. The van der Waals surface area contributed by atoms with Crippen LogP contribution in [0, 0.1) is 0 Å². The van der Waals surface area contributed by atoms with Crippen LogP contribution in [0.25, 0.3) is 15.6 Å². The van der Waals surface area contributed by atoms with Gasteiger partial charge in [0, 0.05) is 23.7 Å². The monoisotopic (exact) mass is 706 g/mol. The zero-order valence-electron chi connectivity index (χ0n) is 28.6. The van der Waals surface area contributed by atoms with Crippen molar-refractivity contribution in [3.63, 3.8) is 0 Å². The highest BCUT2D eigenvalue weighted by molar-refractivity contribution is 7.29. The lowest BCUT2D eigenvalue weighted by Crippen LogP contribution is -2.29. The third-order valence-electron chi connectivity index (χ3n) is 8.55. The molecule has 0 radical (unpaired) electrons. The normalized spacial score (nSPS) is 13.1. The molecule has 0 amide bonds.